The van der Waals surface area contributed by atoms with Gasteiger partial charge in [0.1, 0.15) is 0 Å². The zero-order valence-corrected chi connectivity index (χ0v) is 30.6. The van der Waals surface area contributed by atoms with Crippen LogP contribution in [0.2, 0.25) is 0 Å². The molecule has 0 spiro atoms. The summed E-state index contributed by atoms with van der Waals surface area (Å²) in [5, 5.41) is 0. The molecule has 256 valence electrons. The molecular weight excluding hydrogens is 591 g/mol. The summed E-state index contributed by atoms with van der Waals surface area (Å²) in [4.78, 5) is 9.88. The maximum Gasteiger partial charge on any atom is 0.0633 e. The molecule has 2 aromatic carbocycles. The van der Waals surface area contributed by atoms with Crippen molar-refractivity contribution in [2.24, 2.45) is 9.98 Å². The molecule has 0 radical (unpaired) electrons. The standard InChI is InChI=1S/C42H68N2.Ni/c1-4-7-10-13-15-17-19-21-23-26-38-29-33-40(34-30-38)43-37-42(28-25-12-9-6-3)44-41-35-31-39(32-36-41)27-24-22-20-18-16-14-11-8-5-2;/h29-37H,4-28H2,1-3H3;/b43-37+,44-42+;. The van der Waals surface area contributed by atoms with Crippen molar-refractivity contribution >= 4 is 23.3 Å². The first-order valence-corrected chi connectivity index (χ1v) is 19.0. The second kappa shape index (κ2) is 29.7. The van der Waals surface area contributed by atoms with Gasteiger partial charge in [-0.1, -0.05) is 167 Å². The molecule has 0 aliphatic rings. The molecule has 0 aromatic heterocycles. The summed E-state index contributed by atoms with van der Waals surface area (Å²) in [7, 11) is 0. The quantitative estimate of drug-likeness (QED) is 0.0493. The van der Waals surface area contributed by atoms with Gasteiger partial charge >= 0.3 is 0 Å². The molecule has 0 heterocycles. The molecule has 0 fully saturated rings. The molecule has 2 aromatic rings. The van der Waals surface area contributed by atoms with Gasteiger partial charge in [0.25, 0.3) is 0 Å². The van der Waals surface area contributed by atoms with E-state index in [2.05, 4.69) is 69.3 Å². The Hall–Kier alpha value is -1.73. The van der Waals surface area contributed by atoms with Crippen molar-refractivity contribution in [1.29, 1.82) is 0 Å². The summed E-state index contributed by atoms with van der Waals surface area (Å²) in [6.07, 6.45) is 35.2. The molecule has 0 aliphatic carbocycles. The SMILES string of the molecule is CCCCCCCCCCCc1ccc(/N=C/C(CCCCCC)=N/c2ccc(CCCCCCCCCCC)cc2)cc1.[Ni]. The van der Waals surface area contributed by atoms with Gasteiger partial charge in [-0.15, -0.1) is 0 Å². The van der Waals surface area contributed by atoms with Crippen molar-refractivity contribution in [1.82, 2.24) is 0 Å². The number of unbranched alkanes of at least 4 members (excludes halogenated alkanes) is 19. The van der Waals surface area contributed by atoms with E-state index >= 15 is 0 Å². The summed E-state index contributed by atoms with van der Waals surface area (Å²) >= 11 is 0. The van der Waals surface area contributed by atoms with Gasteiger partial charge in [-0.25, -0.2) is 0 Å². The number of aliphatic imine (C=N–C) groups is 2. The summed E-state index contributed by atoms with van der Waals surface area (Å²) in [6, 6.07) is 17.8. The van der Waals surface area contributed by atoms with E-state index < -0.39 is 0 Å². The van der Waals surface area contributed by atoms with E-state index in [9.17, 15) is 0 Å². The Labute approximate surface area is 289 Å². The Bertz CT molecular complexity index is 977. The zero-order valence-electron chi connectivity index (χ0n) is 29.6. The molecule has 0 bridgehead atoms. The number of hydrogen-bond acceptors (Lipinski definition) is 2. The molecule has 0 saturated carbocycles. The first-order valence-electron chi connectivity index (χ1n) is 19.0. The molecule has 0 unspecified atom stereocenters. The molecule has 45 heavy (non-hydrogen) atoms. The van der Waals surface area contributed by atoms with Gasteiger partial charge in [0.2, 0.25) is 0 Å². The molecular formula is C42H68N2Ni. The molecule has 0 atom stereocenters. The van der Waals surface area contributed by atoms with Crippen LogP contribution in [0.3, 0.4) is 0 Å². The van der Waals surface area contributed by atoms with Crippen LogP contribution >= 0.6 is 0 Å². The Morgan fingerprint density at radius 3 is 1.22 bits per heavy atom. The third kappa shape index (κ3) is 22.4. The predicted molar refractivity (Wildman–Crippen MR) is 199 cm³/mol. The largest absolute Gasteiger partial charge is 0.255 e. The summed E-state index contributed by atoms with van der Waals surface area (Å²) in [5.41, 5.74) is 6.04. The minimum absolute atomic E-state index is 0. The van der Waals surface area contributed by atoms with Crippen LogP contribution in [0.4, 0.5) is 11.4 Å². The molecule has 0 aliphatic heterocycles. The van der Waals surface area contributed by atoms with E-state index in [4.69, 9.17) is 9.98 Å². The first kappa shape index (κ1) is 41.3. The summed E-state index contributed by atoms with van der Waals surface area (Å²) in [5.74, 6) is 0. The Kier molecular flexibility index (Phi) is 27.2. The van der Waals surface area contributed by atoms with E-state index in [0.717, 1.165) is 23.5 Å². The van der Waals surface area contributed by atoms with Crippen LogP contribution in [0.1, 0.15) is 180 Å². The van der Waals surface area contributed by atoms with Gasteiger partial charge in [-0.3, -0.25) is 9.98 Å². The maximum atomic E-state index is 5.03. The number of hydrogen-bond donors (Lipinski definition) is 0. The van der Waals surface area contributed by atoms with Gasteiger partial charge < -0.3 is 0 Å². The van der Waals surface area contributed by atoms with Gasteiger partial charge in [0.05, 0.1) is 17.1 Å². The Morgan fingerprint density at radius 2 is 0.800 bits per heavy atom. The topological polar surface area (TPSA) is 24.7 Å². The summed E-state index contributed by atoms with van der Waals surface area (Å²) in [6.45, 7) is 6.85. The van der Waals surface area contributed by atoms with E-state index in [1.165, 1.54) is 165 Å². The predicted octanol–water partition coefficient (Wildman–Crippen LogP) is 14.3. The zero-order chi connectivity index (χ0) is 31.3. The number of rotatable bonds is 28. The maximum absolute atomic E-state index is 5.03. The van der Waals surface area contributed by atoms with E-state index in [1.54, 1.807) is 0 Å². The fourth-order valence-corrected chi connectivity index (χ4v) is 5.96. The average Bonchev–Trinajstić information content (AvgIpc) is 3.05. The smallest absolute Gasteiger partial charge is 0.0633 e. The van der Waals surface area contributed by atoms with Crippen molar-refractivity contribution in [2.75, 3.05) is 0 Å². The van der Waals surface area contributed by atoms with Crippen molar-refractivity contribution in [3.8, 4) is 0 Å². The van der Waals surface area contributed by atoms with Gasteiger partial charge in [0.15, 0.2) is 0 Å². The van der Waals surface area contributed by atoms with Crippen molar-refractivity contribution in [2.45, 2.75) is 181 Å². The third-order valence-corrected chi connectivity index (χ3v) is 8.93. The number of benzene rings is 2. The van der Waals surface area contributed by atoms with Crippen LogP contribution in [0, 0.1) is 0 Å². The van der Waals surface area contributed by atoms with Gasteiger partial charge in [0, 0.05) is 22.7 Å². The number of aryl methyl sites for hydroxylation is 2. The second-order valence-electron chi connectivity index (χ2n) is 13.2. The van der Waals surface area contributed by atoms with E-state index in [1.807, 2.05) is 6.21 Å². The Morgan fingerprint density at radius 1 is 0.444 bits per heavy atom. The Balaban J connectivity index is 0.0000101. The van der Waals surface area contributed by atoms with Gasteiger partial charge in [-0.2, -0.15) is 0 Å². The first-order chi connectivity index (χ1) is 21.7. The monoisotopic (exact) mass is 658 g/mol. The molecule has 0 amide bonds. The average molecular weight is 660 g/mol. The minimum atomic E-state index is 0. The molecule has 2 nitrogen and oxygen atoms in total. The van der Waals surface area contributed by atoms with Crippen LogP contribution in [0.15, 0.2) is 58.5 Å². The van der Waals surface area contributed by atoms with Gasteiger partial charge in [-0.05, 0) is 73.9 Å². The van der Waals surface area contributed by atoms with E-state index in [-0.39, 0.29) is 16.5 Å². The van der Waals surface area contributed by atoms with Crippen LogP contribution in [0.25, 0.3) is 0 Å². The van der Waals surface area contributed by atoms with Crippen molar-refractivity contribution in [3.63, 3.8) is 0 Å². The normalized spacial score (nSPS) is 11.8. The second-order valence-corrected chi connectivity index (χ2v) is 13.2. The summed E-state index contributed by atoms with van der Waals surface area (Å²) < 4.78 is 0. The van der Waals surface area contributed by atoms with Crippen LogP contribution < -0.4 is 0 Å². The minimum Gasteiger partial charge on any atom is -0.255 e. The van der Waals surface area contributed by atoms with Crippen LogP contribution in [-0.4, -0.2) is 11.9 Å². The fraction of sp³-hybridized carbons (Fsp3) is 0.667. The number of nitrogens with zero attached hydrogens (tertiary/aromatic N) is 2. The fourth-order valence-electron chi connectivity index (χ4n) is 5.96. The molecule has 2 rings (SSSR count). The van der Waals surface area contributed by atoms with Crippen LogP contribution in [-0.2, 0) is 29.3 Å². The third-order valence-electron chi connectivity index (χ3n) is 8.93. The molecule has 3 heteroatoms. The molecule has 0 saturated heterocycles. The van der Waals surface area contributed by atoms with E-state index in [0.29, 0.717) is 0 Å². The van der Waals surface area contributed by atoms with Crippen molar-refractivity contribution < 1.29 is 16.5 Å². The van der Waals surface area contributed by atoms with Crippen LogP contribution in [0.5, 0.6) is 0 Å². The molecule has 0 N–H and O–H groups in total. The van der Waals surface area contributed by atoms with Crippen molar-refractivity contribution in [3.05, 3.63) is 59.7 Å².